The molecule has 0 atom stereocenters. The van der Waals surface area contributed by atoms with Gasteiger partial charge < -0.3 is 20.1 Å². The molecule has 1 saturated heterocycles. The third-order valence-corrected chi connectivity index (χ3v) is 3.58. The van der Waals surface area contributed by atoms with Crippen molar-refractivity contribution in [1.29, 1.82) is 0 Å². The Morgan fingerprint density at radius 2 is 1.94 bits per heavy atom. The summed E-state index contributed by atoms with van der Waals surface area (Å²) in [6.45, 7) is 3.27. The molecule has 5 heteroatoms. The van der Waals surface area contributed by atoms with Gasteiger partial charge in [0.15, 0.2) is 0 Å². The SMILES string of the molecule is NC1(COCC(=O)N2CCOCC2)CCCC1. The van der Waals surface area contributed by atoms with E-state index in [0.717, 1.165) is 12.8 Å². The van der Waals surface area contributed by atoms with Crippen LogP contribution >= 0.6 is 0 Å². The standard InChI is InChI=1S/C12H22N2O3/c13-12(3-1-2-4-12)10-17-9-11(15)14-5-7-16-8-6-14/h1-10,13H2. The number of nitrogens with zero attached hydrogens (tertiary/aromatic N) is 1. The zero-order chi connectivity index (χ0) is 12.1. The third kappa shape index (κ3) is 3.66. The molecule has 0 spiro atoms. The zero-order valence-electron chi connectivity index (χ0n) is 10.3. The maximum absolute atomic E-state index is 11.8. The molecule has 1 aliphatic heterocycles. The van der Waals surface area contributed by atoms with E-state index in [2.05, 4.69) is 0 Å². The molecule has 0 bridgehead atoms. The van der Waals surface area contributed by atoms with Crippen LogP contribution < -0.4 is 5.73 Å². The van der Waals surface area contributed by atoms with Gasteiger partial charge in [0.2, 0.25) is 5.91 Å². The van der Waals surface area contributed by atoms with Crippen molar-refractivity contribution in [2.45, 2.75) is 31.2 Å². The molecule has 98 valence electrons. The highest BCUT2D eigenvalue weighted by molar-refractivity contribution is 5.77. The second-order valence-corrected chi connectivity index (χ2v) is 5.06. The second kappa shape index (κ2) is 5.80. The molecule has 2 aliphatic rings. The van der Waals surface area contributed by atoms with Crippen LogP contribution in [0.15, 0.2) is 0 Å². The van der Waals surface area contributed by atoms with E-state index in [9.17, 15) is 4.79 Å². The number of nitrogens with two attached hydrogens (primary N) is 1. The largest absolute Gasteiger partial charge is 0.378 e. The minimum atomic E-state index is -0.189. The van der Waals surface area contributed by atoms with Gasteiger partial charge in [-0.1, -0.05) is 12.8 Å². The zero-order valence-corrected chi connectivity index (χ0v) is 10.3. The number of hydrogen-bond acceptors (Lipinski definition) is 4. The Labute approximate surface area is 102 Å². The first kappa shape index (κ1) is 12.8. The lowest BCUT2D eigenvalue weighted by atomic mass is 10.0. The molecule has 1 saturated carbocycles. The van der Waals surface area contributed by atoms with Crippen molar-refractivity contribution in [3.63, 3.8) is 0 Å². The summed E-state index contributed by atoms with van der Waals surface area (Å²) < 4.78 is 10.7. The molecule has 0 unspecified atom stereocenters. The monoisotopic (exact) mass is 242 g/mol. The van der Waals surface area contributed by atoms with Gasteiger partial charge in [-0.2, -0.15) is 0 Å². The lowest BCUT2D eigenvalue weighted by Gasteiger charge is -2.28. The van der Waals surface area contributed by atoms with Gasteiger partial charge in [-0.3, -0.25) is 4.79 Å². The summed E-state index contributed by atoms with van der Waals surface area (Å²) in [6.07, 6.45) is 4.38. The van der Waals surface area contributed by atoms with E-state index in [-0.39, 0.29) is 18.1 Å². The van der Waals surface area contributed by atoms with Crippen LogP contribution in [0.2, 0.25) is 0 Å². The molecule has 0 aromatic heterocycles. The van der Waals surface area contributed by atoms with E-state index < -0.39 is 0 Å². The summed E-state index contributed by atoms with van der Waals surface area (Å²) in [5.41, 5.74) is 5.96. The van der Waals surface area contributed by atoms with Crippen molar-refractivity contribution in [2.75, 3.05) is 39.5 Å². The van der Waals surface area contributed by atoms with Gasteiger partial charge in [-0.05, 0) is 12.8 Å². The Balaban J connectivity index is 1.65. The Hall–Kier alpha value is -0.650. The highest BCUT2D eigenvalue weighted by Gasteiger charge is 2.29. The minimum Gasteiger partial charge on any atom is -0.378 e. The Morgan fingerprint density at radius 1 is 1.29 bits per heavy atom. The van der Waals surface area contributed by atoms with E-state index in [1.807, 2.05) is 0 Å². The molecular formula is C12H22N2O3. The highest BCUT2D eigenvalue weighted by atomic mass is 16.5. The lowest BCUT2D eigenvalue weighted by molar-refractivity contribution is -0.140. The number of morpholine rings is 1. The van der Waals surface area contributed by atoms with Gasteiger partial charge in [0.25, 0.3) is 0 Å². The van der Waals surface area contributed by atoms with E-state index in [0.29, 0.717) is 32.9 Å². The number of ether oxygens (including phenoxy) is 2. The van der Waals surface area contributed by atoms with Crippen molar-refractivity contribution < 1.29 is 14.3 Å². The van der Waals surface area contributed by atoms with Crippen molar-refractivity contribution >= 4 is 5.91 Å². The molecular weight excluding hydrogens is 220 g/mol. The number of amides is 1. The van der Waals surface area contributed by atoms with Gasteiger partial charge in [0, 0.05) is 18.6 Å². The fourth-order valence-corrected chi connectivity index (χ4v) is 2.47. The molecule has 17 heavy (non-hydrogen) atoms. The molecule has 1 amide bonds. The van der Waals surface area contributed by atoms with Gasteiger partial charge in [-0.25, -0.2) is 0 Å². The Morgan fingerprint density at radius 3 is 2.59 bits per heavy atom. The summed E-state index contributed by atoms with van der Waals surface area (Å²) in [7, 11) is 0. The first-order chi connectivity index (χ1) is 8.20. The maximum atomic E-state index is 11.8. The molecule has 0 aromatic rings. The maximum Gasteiger partial charge on any atom is 0.248 e. The number of rotatable bonds is 4. The van der Waals surface area contributed by atoms with Crippen LogP contribution in [0, 0.1) is 0 Å². The second-order valence-electron chi connectivity index (χ2n) is 5.06. The molecule has 0 aromatic carbocycles. The number of hydrogen-bond donors (Lipinski definition) is 1. The van der Waals surface area contributed by atoms with Crippen LogP contribution in [-0.2, 0) is 14.3 Å². The van der Waals surface area contributed by atoms with Crippen molar-refractivity contribution in [3.05, 3.63) is 0 Å². The van der Waals surface area contributed by atoms with E-state index in [1.54, 1.807) is 4.90 Å². The van der Waals surface area contributed by atoms with Crippen LogP contribution in [0.1, 0.15) is 25.7 Å². The van der Waals surface area contributed by atoms with E-state index in [4.69, 9.17) is 15.2 Å². The summed E-state index contributed by atoms with van der Waals surface area (Å²) in [4.78, 5) is 13.6. The molecule has 2 N–H and O–H groups in total. The molecule has 0 radical (unpaired) electrons. The van der Waals surface area contributed by atoms with Crippen molar-refractivity contribution in [2.24, 2.45) is 5.73 Å². The fraction of sp³-hybridized carbons (Fsp3) is 0.917. The van der Waals surface area contributed by atoms with Gasteiger partial charge in [0.1, 0.15) is 6.61 Å². The first-order valence-corrected chi connectivity index (χ1v) is 6.42. The number of carbonyl (C=O) groups is 1. The average Bonchev–Trinajstić information content (AvgIpc) is 2.77. The van der Waals surface area contributed by atoms with Crippen LogP contribution in [-0.4, -0.2) is 55.9 Å². The van der Waals surface area contributed by atoms with Crippen molar-refractivity contribution in [1.82, 2.24) is 4.90 Å². The van der Waals surface area contributed by atoms with Gasteiger partial charge >= 0.3 is 0 Å². The Bertz CT molecular complexity index is 258. The van der Waals surface area contributed by atoms with Crippen LogP contribution in [0.25, 0.3) is 0 Å². The quantitative estimate of drug-likeness (QED) is 0.761. The van der Waals surface area contributed by atoms with E-state index in [1.165, 1.54) is 12.8 Å². The predicted octanol–water partition coefficient (Wildman–Crippen LogP) is 0.133. The van der Waals surface area contributed by atoms with Gasteiger partial charge in [-0.15, -0.1) is 0 Å². The molecule has 2 rings (SSSR count). The lowest BCUT2D eigenvalue weighted by Crippen LogP contribution is -2.45. The Kier molecular flexibility index (Phi) is 4.36. The average molecular weight is 242 g/mol. The van der Waals surface area contributed by atoms with Crippen LogP contribution in [0.5, 0.6) is 0 Å². The first-order valence-electron chi connectivity index (χ1n) is 6.42. The minimum absolute atomic E-state index is 0.0508. The summed E-state index contributed by atoms with van der Waals surface area (Å²) >= 11 is 0. The predicted molar refractivity (Wildman–Crippen MR) is 63.6 cm³/mol. The van der Waals surface area contributed by atoms with Gasteiger partial charge in [0.05, 0.1) is 19.8 Å². The molecule has 2 fully saturated rings. The van der Waals surface area contributed by atoms with Crippen LogP contribution in [0.4, 0.5) is 0 Å². The topological polar surface area (TPSA) is 64.8 Å². The molecule has 1 heterocycles. The number of carbonyl (C=O) groups excluding carboxylic acids is 1. The third-order valence-electron chi connectivity index (χ3n) is 3.58. The summed E-state index contributed by atoms with van der Waals surface area (Å²) in [5, 5.41) is 0. The van der Waals surface area contributed by atoms with E-state index >= 15 is 0 Å². The highest BCUT2D eigenvalue weighted by Crippen LogP contribution is 2.27. The molecule has 1 aliphatic carbocycles. The molecule has 5 nitrogen and oxygen atoms in total. The summed E-state index contributed by atoms with van der Waals surface area (Å²) in [5.74, 6) is 0.0508. The van der Waals surface area contributed by atoms with Crippen molar-refractivity contribution in [3.8, 4) is 0 Å². The summed E-state index contributed by atoms with van der Waals surface area (Å²) in [6, 6.07) is 0. The van der Waals surface area contributed by atoms with Crippen LogP contribution in [0.3, 0.4) is 0 Å². The normalized spacial score (nSPS) is 23.9. The smallest absolute Gasteiger partial charge is 0.248 e. The fourth-order valence-electron chi connectivity index (χ4n) is 2.47.